The Balaban J connectivity index is 3.98. The molecule has 0 saturated heterocycles. The summed E-state index contributed by atoms with van der Waals surface area (Å²) >= 11 is 0. The monoisotopic (exact) mass is 172 g/mol. The molecule has 0 spiro atoms. The number of hydrogen-bond donors (Lipinski definition) is 0. The zero-order chi connectivity index (χ0) is 8.74. The molecular formula is C10H20S. The van der Waals surface area contributed by atoms with Crippen LogP contribution in [0.1, 0.15) is 13.3 Å². The fourth-order valence-corrected chi connectivity index (χ4v) is 3.89. The van der Waals surface area contributed by atoms with E-state index in [1.54, 1.807) is 0 Å². The van der Waals surface area contributed by atoms with Crippen LogP contribution in [0.5, 0.6) is 0 Å². The van der Waals surface area contributed by atoms with Gasteiger partial charge < -0.3 is 0 Å². The Morgan fingerprint density at radius 1 is 1.18 bits per heavy atom. The van der Waals surface area contributed by atoms with Gasteiger partial charge >= 0.3 is 0 Å². The second-order valence-corrected chi connectivity index (χ2v) is 7.12. The first-order valence-electron chi connectivity index (χ1n) is 4.11. The summed E-state index contributed by atoms with van der Waals surface area (Å²) in [5, 5.41) is 0. The zero-order valence-electron chi connectivity index (χ0n) is 7.81. The topological polar surface area (TPSA) is 0 Å². The van der Waals surface area contributed by atoms with E-state index in [-0.39, 0.29) is 0 Å². The smallest absolute Gasteiger partial charge is 0.00487 e. The van der Waals surface area contributed by atoms with Crippen molar-refractivity contribution in [3.05, 3.63) is 25.3 Å². The Morgan fingerprint density at radius 3 is 1.91 bits per heavy atom. The minimum atomic E-state index is -0.425. The fraction of sp³-hybridized carbons (Fsp3) is 0.600. The van der Waals surface area contributed by atoms with E-state index >= 15 is 0 Å². The lowest BCUT2D eigenvalue weighted by Crippen LogP contribution is -2.08. The van der Waals surface area contributed by atoms with Crippen molar-refractivity contribution >= 4 is 10.0 Å². The summed E-state index contributed by atoms with van der Waals surface area (Å²) in [6.07, 6.45) is 7.77. The van der Waals surface area contributed by atoms with Crippen molar-refractivity contribution < 1.29 is 0 Å². The lowest BCUT2D eigenvalue weighted by molar-refractivity contribution is 1.09. The highest BCUT2D eigenvalue weighted by Gasteiger charge is 2.12. The van der Waals surface area contributed by atoms with Crippen LogP contribution in [-0.4, -0.2) is 23.5 Å². The van der Waals surface area contributed by atoms with Crippen LogP contribution in [0.15, 0.2) is 25.3 Å². The zero-order valence-corrected chi connectivity index (χ0v) is 8.62. The Hall–Kier alpha value is -0.170. The predicted octanol–water partition coefficient (Wildman–Crippen LogP) is 3.20. The maximum atomic E-state index is 3.80. The Morgan fingerprint density at radius 2 is 1.64 bits per heavy atom. The molecule has 66 valence electrons. The van der Waals surface area contributed by atoms with Gasteiger partial charge in [-0.3, -0.25) is 0 Å². The highest BCUT2D eigenvalue weighted by atomic mass is 32.3. The fourth-order valence-electron chi connectivity index (χ4n) is 1.30. The molecule has 0 aromatic heterocycles. The molecule has 0 aromatic carbocycles. The molecule has 0 unspecified atom stereocenters. The molecule has 0 aromatic rings. The van der Waals surface area contributed by atoms with Crippen LogP contribution < -0.4 is 0 Å². The molecule has 0 radical (unpaired) electrons. The summed E-state index contributed by atoms with van der Waals surface area (Å²) in [6.45, 7) is 9.84. The Bertz CT molecular complexity index is 117. The van der Waals surface area contributed by atoms with Crippen molar-refractivity contribution in [2.24, 2.45) is 0 Å². The third-order valence-electron chi connectivity index (χ3n) is 1.74. The molecule has 0 fully saturated rings. The van der Waals surface area contributed by atoms with Gasteiger partial charge in [0, 0.05) is 0 Å². The van der Waals surface area contributed by atoms with Gasteiger partial charge in [-0.1, -0.05) is 19.1 Å². The lowest BCUT2D eigenvalue weighted by Gasteiger charge is -2.33. The van der Waals surface area contributed by atoms with Crippen LogP contribution in [0, 0.1) is 0 Å². The van der Waals surface area contributed by atoms with Gasteiger partial charge in [0.1, 0.15) is 0 Å². The Labute approximate surface area is 72.7 Å². The van der Waals surface area contributed by atoms with E-state index in [0.717, 1.165) is 0 Å². The minimum absolute atomic E-state index is 0.425. The maximum Gasteiger partial charge on any atom is -0.00487 e. The van der Waals surface area contributed by atoms with Gasteiger partial charge in [0.15, 0.2) is 0 Å². The van der Waals surface area contributed by atoms with Gasteiger partial charge in [0.25, 0.3) is 0 Å². The Kier molecular flexibility index (Phi) is 5.39. The molecule has 0 aliphatic rings. The van der Waals surface area contributed by atoms with Crippen molar-refractivity contribution in [3.63, 3.8) is 0 Å². The third-order valence-corrected chi connectivity index (χ3v) is 5.21. The normalized spacial score (nSPS) is 12.5. The molecule has 0 aliphatic heterocycles. The summed E-state index contributed by atoms with van der Waals surface area (Å²) in [5.41, 5.74) is 0. The van der Waals surface area contributed by atoms with Crippen molar-refractivity contribution in [3.8, 4) is 0 Å². The third kappa shape index (κ3) is 4.31. The first kappa shape index (κ1) is 10.8. The predicted molar refractivity (Wildman–Crippen MR) is 58.8 cm³/mol. The highest BCUT2D eigenvalue weighted by molar-refractivity contribution is 8.33. The summed E-state index contributed by atoms with van der Waals surface area (Å²) in [7, 11) is -0.425. The van der Waals surface area contributed by atoms with Crippen molar-refractivity contribution in [1.82, 2.24) is 0 Å². The van der Waals surface area contributed by atoms with Gasteiger partial charge in [-0.05, 0) is 29.9 Å². The average Bonchev–Trinajstić information content (AvgIpc) is 1.88. The van der Waals surface area contributed by atoms with Gasteiger partial charge in [-0.2, -0.15) is 0 Å². The molecular weight excluding hydrogens is 152 g/mol. The summed E-state index contributed by atoms with van der Waals surface area (Å²) in [5.74, 6) is 3.73. The van der Waals surface area contributed by atoms with Crippen LogP contribution in [0.4, 0.5) is 0 Å². The number of rotatable bonds is 6. The first-order valence-corrected chi connectivity index (χ1v) is 6.66. The van der Waals surface area contributed by atoms with Crippen molar-refractivity contribution in [2.45, 2.75) is 13.3 Å². The molecule has 1 heteroatoms. The van der Waals surface area contributed by atoms with Crippen molar-refractivity contribution in [1.29, 1.82) is 0 Å². The molecule has 11 heavy (non-hydrogen) atoms. The minimum Gasteiger partial charge on any atom is -0.237 e. The second-order valence-electron chi connectivity index (χ2n) is 3.09. The van der Waals surface area contributed by atoms with Gasteiger partial charge in [-0.15, -0.1) is 13.2 Å². The van der Waals surface area contributed by atoms with Crippen LogP contribution in [0.25, 0.3) is 0 Å². The molecule has 0 heterocycles. The van der Waals surface area contributed by atoms with E-state index < -0.39 is 10.0 Å². The standard InChI is InChI=1S/C10H20S/c1-5-8-11(4,9-6-2)10-7-3/h5-6H,1-2,7-10H2,3-4H3. The lowest BCUT2D eigenvalue weighted by atomic mass is 10.6. The van der Waals surface area contributed by atoms with Crippen LogP contribution >= 0.6 is 10.0 Å². The SMILES string of the molecule is C=CCS(C)(CC=C)CCC. The number of hydrogen-bond acceptors (Lipinski definition) is 0. The van der Waals surface area contributed by atoms with Crippen LogP contribution in [-0.2, 0) is 0 Å². The van der Waals surface area contributed by atoms with Crippen LogP contribution in [0.2, 0.25) is 0 Å². The molecule has 0 bridgehead atoms. The van der Waals surface area contributed by atoms with Gasteiger partial charge in [0.2, 0.25) is 0 Å². The molecule has 0 atom stereocenters. The second kappa shape index (κ2) is 5.48. The molecule has 0 aliphatic carbocycles. The van der Waals surface area contributed by atoms with Gasteiger partial charge in [-0.25, -0.2) is 10.0 Å². The van der Waals surface area contributed by atoms with E-state index in [4.69, 9.17) is 0 Å². The van der Waals surface area contributed by atoms with Gasteiger partial charge in [0.05, 0.1) is 0 Å². The largest absolute Gasteiger partial charge is 0.237 e. The van der Waals surface area contributed by atoms with E-state index in [9.17, 15) is 0 Å². The van der Waals surface area contributed by atoms with E-state index in [1.165, 1.54) is 23.7 Å². The van der Waals surface area contributed by atoms with E-state index in [1.807, 2.05) is 0 Å². The summed E-state index contributed by atoms with van der Waals surface area (Å²) in [6, 6.07) is 0. The molecule has 0 rings (SSSR count). The van der Waals surface area contributed by atoms with E-state index in [2.05, 4.69) is 38.5 Å². The molecule has 0 nitrogen and oxygen atoms in total. The van der Waals surface area contributed by atoms with Crippen molar-refractivity contribution in [2.75, 3.05) is 23.5 Å². The molecule has 0 amide bonds. The molecule has 0 saturated carbocycles. The summed E-state index contributed by atoms with van der Waals surface area (Å²) < 4.78 is 0. The average molecular weight is 172 g/mol. The first-order chi connectivity index (χ1) is 5.18. The summed E-state index contributed by atoms with van der Waals surface area (Å²) in [4.78, 5) is 0. The molecule has 0 N–H and O–H groups in total. The van der Waals surface area contributed by atoms with E-state index in [0.29, 0.717) is 0 Å². The highest BCUT2D eigenvalue weighted by Crippen LogP contribution is 2.44. The quantitative estimate of drug-likeness (QED) is 0.540. The van der Waals surface area contributed by atoms with Crippen LogP contribution in [0.3, 0.4) is 0 Å². The maximum absolute atomic E-state index is 3.80.